The quantitative estimate of drug-likeness (QED) is 0.457. The van der Waals surface area contributed by atoms with Crippen LogP contribution in [-0.2, 0) is 13.1 Å². The van der Waals surface area contributed by atoms with Crippen molar-refractivity contribution in [2.75, 3.05) is 7.05 Å². The van der Waals surface area contributed by atoms with E-state index in [1.54, 1.807) is 13.1 Å². The maximum absolute atomic E-state index is 13.1. The van der Waals surface area contributed by atoms with Gasteiger partial charge in [-0.05, 0) is 35.7 Å². The van der Waals surface area contributed by atoms with Gasteiger partial charge in [-0.25, -0.2) is 4.39 Å². The van der Waals surface area contributed by atoms with Gasteiger partial charge < -0.3 is 10.6 Å². The Labute approximate surface area is 148 Å². The number of aryl methyl sites for hydroxylation is 1. The van der Waals surface area contributed by atoms with Gasteiger partial charge in [-0.1, -0.05) is 36.4 Å². The van der Waals surface area contributed by atoms with Crippen LogP contribution in [0.25, 0.3) is 0 Å². The van der Waals surface area contributed by atoms with Crippen molar-refractivity contribution in [1.29, 1.82) is 0 Å². The van der Waals surface area contributed by atoms with Crippen LogP contribution in [0.2, 0.25) is 0 Å². The lowest BCUT2D eigenvalue weighted by molar-refractivity contribution is 0.624. The van der Waals surface area contributed by atoms with Crippen LogP contribution >= 0.6 is 24.0 Å². The molecule has 2 rings (SSSR count). The summed E-state index contributed by atoms with van der Waals surface area (Å²) in [6, 6.07) is 14.8. The summed E-state index contributed by atoms with van der Waals surface area (Å²) in [5.74, 6) is 0.472. The van der Waals surface area contributed by atoms with E-state index in [1.165, 1.54) is 23.3 Å². The Morgan fingerprint density at radius 3 is 2.45 bits per heavy atom. The van der Waals surface area contributed by atoms with Gasteiger partial charge in [0, 0.05) is 20.1 Å². The second-order valence-corrected chi connectivity index (χ2v) is 4.84. The third-order valence-corrected chi connectivity index (χ3v) is 3.28. The molecule has 5 heteroatoms. The molecule has 0 fully saturated rings. The topological polar surface area (TPSA) is 36.4 Å². The third-order valence-electron chi connectivity index (χ3n) is 3.28. The summed E-state index contributed by atoms with van der Waals surface area (Å²) in [5, 5.41) is 6.43. The van der Waals surface area contributed by atoms with Gasteiger partial charge in [0.15, 0.2) is 5.96 Å². The number of aliphatic imine (C=N–C) groups is 1. The molecule has 0 aromatic heterocycles. The van der Waals surface area contributed by atoms with Gasteiger partial charge in [0.05, 0.1) is 0 Å². The molecule has 0 radical (unpaired) electrons. The molecule has 0 aliphatic carbocycles. The van der Waals surface area contributed by atoms with Crippen molar-refractivity contribution >= 4 is 29.9 Å². The SMILES string of the molecule is CN=C(NCc1cccc(F)c1)NCc1ccccc1C.I. The Hall–Kier alpha value is -1.63. The first-order valence-corrected chi connectivity index (χ1v) is 6.92. The number of guanidine groups is 1. The second-order valence-electron chi connectivity index (χ2n) is 4.84. The molecule has 2 aromatic rings. The van der Waals surface area contributed by atoms with E-state index in [2.05, 4.69) is 34.7 Å². The van der Waals surface area contributed by atoms with Crippen LogP contribution in [-0.4, -0.2) is 13.0 Å². The van der Waals surface area contributed by atoms with Gasteiger partial charge in [-0.15, -0.1) is 24.0 Å². The number of hydrogen-bond acceptors (Lipinski definition) is 1. The van der Waals surface area contributed by atoms with Gasteiger partial charge in [0.25, 0.3) is 0 Å². The van der Waals surface area contributed by atoms with Gasteiger partial charge >= 0.3 is 0 Å². The fourth-order valence-electron chi connectivity index (χ4n) is 2.04. The van der Waals surface area contributed by atoms with E-state index in [0.717, 1.165) is 5.56 Å². The summed E-state index contributed by atoms with van der Waals surface area (Å²) in [7, 11) is 1.72. The molecular formula is C17H21FIN3. The summed E-state index contributed by atoms with van der Waals surface area (Å²) in [4.78, 5) is 4.17. The smallest absolute Gasteiger partial charge is 0.191 e. The average molecular weight is 413 g/mol. The van der Waals surface area contributed by atoms with Gasteiger partial charge in [-0.3, -0.25) is 4.99 Å². The third kappa shape index (κ3) is 5.63. The molecule has 0 saturated carbocycles. The molecule has 0 heterocycles. The fourth-order valence-corrected chi connectivity index (χ4v) is 2.04. The number of benzene rings is 2. The lowest BCUT2D eigenvalue weighted by Crippen LogP contribution is -2.36. The van der Waals surface area contributed by atoms with Crippen LogP contribution in [0.15, 0.2) is 53.5 Å². The van der Waals surface area contributed by atoms with Crippen molar-refractivity contribution in [1.82, 2.24) is 10.6 Å². The molecule has 0 unspecified atom stereocenters. The molecule has 0 bridgehead atoms. The molecule has 3 nitrogen and oxygen atoms in total. The monoisotopic (exact) mass is 413 g/mol. The van der Waals surface area contributed by atoms with Gasteiger partial charge in [0.2, 0.25) is 0 Å². The summed E-state index contributed by atoms with van der Waals surface area (Å²) >= 11 is 0. The van der Waals surface area contributed by atoms with Crippen molar-refractivity contribution in [3.05, 3.63) is 71.0 Å². The number of halogens is 2. The molecule has 0 atom stereocenters. The number of hydrogen-bond donors (Lipinski definition) is 2. The summed E-state index contributed by atoms with van der Waals surface area (Å²) in [6.45, 7) is 3.32. The largest absolute Gasteiger partial charge is 0.352 e. The van der Waals surface area contributed by atoms with Crippen LogP contribution in [0.4, 0.5) is 4.39 Å². The highest BCUT2D eigenvalue weighted by Crippen LogP contribution is 2.06. The molecular weight excluding hydrogens is 392 g/mol. The van der Waals surface area contributed by atoms with E-state index in [0.29, 0.717) is 19.0 Å². The summed E-state index contributed by atoms with van der Waals surface area (Å²) < 4.78 is 13.1. The van der Waals surface area contributed by atoms with Crippen molar-refractivity contribution in [3.63, 3.8) is 0 Å². The standard InChI is InChI=1S/C17H20FN3.HI/c1-13-6-3-4-8-15(13)12-21-17(19-2)20-11-14-7-5-9-16(18)10-14;/h3-10H,11-12H2,1-2H3,(H2,19,20,21);1H. The number of nitrogens with zero attached hydrogens (tertiary/aromatic N) is 1. The molecule has 22 heavy (non-hydrogen) atoms. The Morgan fingerprint density at radius 1 is 1.05 bits per heavy atom. The van der Waals surface area contributed by atoms with E-state index in [9.17, 15) is 4.39 Å². The highest BCUT2D eigenvalue weighted by molar-refractivity contribution is 14.0. The first-order chi connectivity index (χ1) is 10.2. The van der Waals surface area contributed by atoms with E-state index in [-0.39, 0.29) is 29.8 Å². The Kier molecular flexibility index (Phi) is 7.87. The lowest BCUT2D eigenvalue weighted by Gasteiger charge is -2.13. The van der Waals surface area contributed by atoms with Crippen LogP contribution in [0, 0.1) is 12.7 Å². The van der Waals surface area contributed by atoms with E-state index in [1.807, 2.05) is 18.2 Å². The zero-order valence-electron chi connectivity index (χ0n) is 12.8. The Bertz CT molecular complexity index is 629. The minimum absolute atomic E-state index is 0. The predicted octanol–water partition coefficient (Wildman–Crippen LogP) is 3.62. The molecule has 0 amide bonds. The Morgan fingerprint density at radius 2 is 1.77 bits per heavy atom. The fraction of sp³-hybridized carbons (Fsp3) is 0.235. The molecule has 0 aliphatic heterocycles. The van der Waals surface area contributed by atoms with E-state index >= 15 is 0 Å². The number of nitrogens with one attached hydrogen (secondary N) is 2. The minimum atomic E-state index is -0.225. The maximum Gasteiger partial charge on any atom is 0.191 e. The molecule has 0 aliphatic rings. The van der Waals surface area contributed by atoms with Crippen LogP contribution < -0.4 is 10.6 Å². The Balaban J connectivity index is 0.00000242. The molecule has 2 N–H and O–H groups in total. The molecule has 118 valence electrons. The summed E-state index contributed by atoms with van der Waals surface area (Å²) in [5.41, 5.74) is 3.35. The predicted molar refractivity (Wildman–Crippen MR) is 100 cm³/mol. The highest BCUT2D eigenvalue weighted by atomic mass is 127. The van der Waals surface area contributed by atoms with E-state index < -0.39 is 0 Å². The highest BCUT2D eigenvalue weighted by Gasteiger charge is 2.01. The van der Waals surface area contributed by atoms with Gasteiger partial charge in [0.1, 0.15) is 5.82 Å². The number of rotatable bonds is 4. The minimum Gasteiger partial charge on any atom is -0.352 e. The maximum atomic E-state index is 13.1. The van der Waals surface area contributed by atoms with Crippen LogP contribution in [0.3, 0.4) is 0 Å². The average Bonchev–Trinajstić information content (AvgIpc) is 2.49. The van der Waals surface area contributed by atoms with Crippen LogP contribution in [0.1, 0.15) is 16.7 Å². The zero-order valence-corrected chi connectivity index (χ0v) is 15.1. The summed E-state index contributed by atoms with van der Waals surface area (Å²) in [6.07, 6.45) is 0. The van der Waals surface area contributed by atoms with Crippen LogP contribution in [0.5, 0.6) is 0 Å². The van der Waals surface area contributed by atoms with Crippen molar-refractivity contribution in [2.24, 2.45) is 4.99 Å². The zero-order chi connectivity index (χ0) is 15.1. The normalized spacial score (nSPS) is 10.8. The van der Waals surface area contributed by atoms with Crippen molar-refractivity contribution < 1.29 is 4.39 Å². The lowest BCUT2D eigenvalue weighted by atomic mass is 10.1. The van der Waals surface area contributed by atoms with Gasteiger partial charge in [-0.2, -0.15) is 0 Å². The molecule has 2 aromatic carbocycles. The first kappa shape index (κ1) is 18.4. The first-order valence-electron chi connectivity index (χ1n) is 6.92. The second kappa shape index (κ2) is 9.40. The van der Waals surface area contributed by atoms with E-state index in [4.69, 9.17) is 0 Å². The molecule has 0 saturated heterocycles. The van der Waals surface area contributed by atoms with Crippen molar-refractivity contribution in [3.8, 4) is 0 Å². The molecule has 0 spiro atoms. The van der Waals surface area contributed by atoms with Crippen molar-refractivity contribution in [2.45, 2.75) is 20.0 Å².